The second-order valence-corrected chi connectivity index (χ2v) is 7.91. The van der Waals surface area contributed by atoms with E-state index in [-0.39, 0.29) is 36.7 Å². The Morgan fingerprint density at radius 1 is 1.03 bits per heavy atom. The van der Waals surface area contributed by atoms with Crippen molar-refractivity contribution in [2.75, 3.05) is 13.2 Å². The van der Waals surface area contributed by atoms with Gasteiger partial charge in [-0.25, -0.2) is 0 Å². The summed E-state index contributed by atoms with van der Waals surface area (Å²) in [5.41, 5.74) is 1.84. The highest BCUT2D eigenvalue weighted by Gasteiger charge is 2.45. The zero-order valence-corrected chi connectivity index (χ0v) is 16.8. The number of Topliss-reactive ketones (excluding diaryl/α,β-unsaturated/α-hetero) is 1. The third-order valence-electron chi connectivity index (χ3n) is 5.75. The summed E-state index contributed by atoms with van der Waals surface area (Å²) in [6.07, 6.45) is 1.92. The number of nitrogens with one attached hydrogen (secondary N) is 1. The summed E-state index contributed by atoms with van der Waals surface area (Å²) in [5, 5.41) is 2.92. The van der Waals surface area contributed by atoms with Gasteiger partial charge in [0.15, 0.2) is 5.78 Å². The van der Waals surface area contributed by atoms with E-state index in [9.17, 15) is 14.4 Å². The van der Waals surface area contributed by atoms with Crippen LogP contribution < -0.4 is 5.32 Å². The van der Waals surface area contributed by atoms with Gasteiger partial charge in [0.25, 0.3) is 0 Å². The Balaban J connectivity index is 1.52. The molecule has 0 bridgehead atoms. The summed E-state index contributed by atoms with van der Waals surface area (Å²) >= 11 is 0. The Labute approximate surface area is 176 Å². The molecule has 2 aliphatic rings. The van der Waals surface area contributed by atoms with Gasteiger partial charge in [-0.3, -0.25) is 14.4 Å². The lowest BCUT2D eigenvalue weighted by Gasteiger charge is -2.37. The number of carbonyl (C=O) groups is 3. The Hall–Kier alpha value is -2.99. The molecule has 2 heterocycles. The van der Waals surface area contributed by atoms with Crippen molar-refractivity contribution >= 4 is 17.6 Å². The first-order chi connectivity index (χ1) is 14.6. The second-order valence-electron chi connectivity index (χ2n) is 7.91. The lowest BCUT2D eigenvalue weighted by molar-refractivity contribution is -0.144. The molecule has 2 aromatic carbocycles. The van der Waals surface area contributed by atoms with Crippen molar-refractivity contribution in [2.24, 2.45) is 0 Å². The fourth-order valence-corrected chi connectivity index (χ4v) is 4.31. The fraction of sp³-hybridized carbons (Fsp3) is 0.375. The number of carbonyl (C=O) groups excluding carboxylic acids is 3. The lowest BCUT2D eigenvalue weighted by atomic mass is 9.95. The Kier molecular flexibility index (Phi) is 6.23. The predicted molar refractivity (Wildman–Crippen MR) is 112 cm³/mol. The number of rotatable bonds is 6. The molecule has 3 unspecified atom stereocenters. The highest BCUT2D eigenvalue weighted by atomic mass is 16.5. The number of likely N-dealkylation sites (tertiary alicyclic amines) is 1. The summed E-state index contributed by atoms with van der Waals surface area (Å²) in [4.78, 5) is 40.2. The van der Waals surface area contributed by atoms with Crippen LogP contribution in [-0.4, -0.2) is 53.8 Å². The van der Waals surface area contributed by atoms with Crippen LogP contribution in [0.5, 0.6) is 0 Å². The SMILES string of the molecule is O=C(Cc1ccccc1)NC(Cc1ccccc1)C(=O)N1CCCC2OCC(=O)C21. The maximum Gasteiger partial charge on any atom is 0.246 e. The monoisotopic (exact) mass is 406 g/mol. The van der Waals surface area contributed by atoms with Crippen molar-refractivity contribution in [3.05, 3.63) is 71.8 Å². The first-order valence-corrected chi connectivity index (χ1v) is 10.4. The number of amides is 2. The minimum absolute atomic E-state index is 0.0536. The second kappa shape index (κ2) is 9.22. The molecule has 1 N–H and O–H groups in total. The van der Waals surface area contributed by atoms with E-state index in [1.807, 2.05) is 60.7 Å². The average molecular weight is 406 g/mol. The number of piperidine rings is 1. The molecule has 2 aliphatic heterocycles. The first kappa shape index (κ1) is 20.3. The van der Waals surface area contributed by atoms with E-state index < -0.39 is 12.1 Å². The van der Waals surface area contributed by atoms with Gasteiger partial charge in [0.2, 0.25) is 11.8 Å². The Bertz CT molecular complexity index is 900. The highest BCUT2D eigenvalue weighted by Crippen LogP contribution is 2.27. The minimum Gasteiger partial charge on any atom is -0.368 e. The van der Waals surface area contributed by atoms with Crippen LogP contribution in [0, 0.1) is 0 Å². The van der Waals surface area contributed by atoms with Crippen LogP contribution in [-0.2, 0) is 32.0 Å². The van der Waals surface area contributed by atoms with Gasteiger partial charge in [0.05, 0.1) is 12.5 Å². The topological polar surface area (TPSA) is 75.7 Å². The average Bonchev–Trinajstić information content (AvgIpc) is 3.15. The van der Waals surface area contributed by atoms with E-state index in [0.717, 1.165) is 24.0 Å². The van der Waals surface area contributed by atoms with E-state index in [1.54, 1.807) is 4.90 Å². The van der Waals surface area contributed by atoms with E-state index in [0.29, 0.717) is 13.0 Å². The summed E-state index contributed by atoms with van der Waals surface area (Å²) in [6.45, 7) is 0.567. The fourth-order valence-electron chi connectivity index (χ4n) is 4.31. The molecule has 4 rings (SSSR count). The van der Waals surface area contributed by atoms with Gasteiger partial charge in [0.1, 0.15) is 18.7 Å². The normalized spacial score (nSPS) is 21.7. The van der Waals surface area contributed by atoms with Crippen molar-refractivity contribution < 1.29 is 19.1 Å². The molecule has 6 nitrogen and oxygen atoms in total. The maximum absolute atomic E-state index is 13.5. The van der Waals surface area contributed by atoms with Gasteiger partial charge < -0.3 is 15.0 Å². The van der Waals surface area contributed by atoms with Crippen LogP contribution in [0.4, 0.5) is 0 Å². The quantitative estimate of drug-likeness (QED) is 0.795. The highest BCUT2D eigenvalue weighted by molar-refractivity contribution is 5.95. The van der Waals surface area contributed by atoms with Crippen molar-refractivity contribution in [2.45, 2.75) is 43.9 Å². The van der Waals surface area contributed by atoms with Crippen LogP contribution in [0.1, 0.15) is 24.0 Å². The third-order valence-corrected chi connectivity index (χ3v) is 5.75. The summed E-state index contributed by atoms with van der Waals surface area (Å²) < 4.78 is 5.58. The van der Waals surface area contributed by atoms with Crippen molar-refractivity contribution in [3.63, 3.8) is 0 Å². The van der Waals surface area contributed by atoms with E-state index >= 15 is 0 Å². The van der Waals surface area contributed by atoms with Crippen LogP contribution in [0.3, 0.4) is 0 Å². The number of ketones is 1. The van der Waals surface area contributed by atoms with Crippen LogP contribution in [0.25, 0.3) is 0 Å². The number of ether oxygens (including phenoxy) is 1. The molecule has 0 saturated carbocycles. The minimum atomic E-state index is -0.726. The molecule has 0 aromatic heterocycles. The van der Waals surface area contributed by atoms with Gasteiger partial charge in [-0.2, -0.15) is 0 Å². The van der Waals surface area contributed by atoms with Gasteiger partial charge >= 0.3 is 0 Å². The predicted octanol–water partition coefficient (Wildman–Crippen LogP) is 1.92. The molecule has 30 heavy (non-hydrogen) atoms. The summed E-state index contributed by atoms with van der Waals surface area (Å²) in [5.74, 6) is -0.478. The van der Waals surface area contributed by atoms with E-state index in [4.69, 9.17) is 4.74 Å². The molecule has 2 saturated heterocycles. The lowest BCUT2D eigenvalue weighted by Crippen LogP contribution is -2.58. The first-order valence-electron chi connectivity index (χ1n) is 10.4. The van der Waals surface area contributed by atoms with Gasteiger partial charge in [-0.05, 0) is 24.0 Å². The molecule has 2 amide bonds. The molecule has 2 aromatic rings. The molecule has 0 aliphatic carbocycles. The van der Waals surface area contributed by atoms with E-state index in [2.05, 4.69) is 5.32 Å². The molecule has 0 radical (unpaired) electrons. The van der Waals surface area contributed by atoms with Gasteiger partial charge in [-0.15, -0.1) is 0 Å². The number of hydrogen-bond donors (Lipinski definition) is 1. The van der Waals surface area contributed by atoms with Crippen LogP contribution in [0.15, 0.2) is 60.7 Å². The molecule has 3 atom stereocenters. The number of hydrogen-bond acceptors (Lipinski definition) is 4. The van der Waals surface area contributed by atoms with Crippen LogP contribution in [0.2, 0.25) is 0 Å². The van der Waals surface area contributed by atoms with Crippen molar-refractivity contribution in [3.8, 4) is 0 Å². The van der Waals surface area contributed by atoms with E-state index in [1.165, 1.54) is 0 Å². The molecular weight excluding hydrogens is 380 g/mol. The Morgan fingerprint density at radius 2 is 1.70 bits per heavy atom. The van der Waals surface area contributed by atoms with Crippen molar-refractivity contribution in [1.82, 2.24) is 10.2 Å². The molecule has 2 fully saturated rings. The Morgan fingerprint density at radius 3 is 2.40 bits per heavy atom. The smallest absolute Gasteiger partial charge is 0.246 e. The zero-order valence-electron chi connectivity index (χ0n) is 16.8. The molecule has 156 valence electrons. The standard InChI is InChI=1S/C24H26N2O4/c27-20-16-30-21-12-7-13-26(23(20)21)24(29)19(14-17-8-3-1-4-9-17)25-22(28)15-18-10-5-2-6-11-18/h1-6,8-11,19,21,23H,7,12-16H2,(H,25,28). The largest absolute Gasteiger partial charge is 0.368 e. The molecule has 6 heteroatoms. The van der Waals surface area contributed by atoms with Crippen molar-refractivity contribution in [1.29, 1.82) is 0 Å². The maximum atomic E-state index is 13.5. The van der Waals surface area contributed by atoms with Crippen LogP contribution >= 0.6 is 0 Å². The molecular formula is C24H26N2O4. The number of fused-ring (bicyclic) bond motifs is 1. The number of benzene rings is 2. The third kappa shape index (κ3) is 4.60. The van der Waals surface area contributed by atoms with Gasteiger partial charge in [0, 0.05) is 13.0 Å². The summed E-state index contributed by atoms with van der Waals surface area (Å²) in [7, 11) is 0. The number of nitrogens with zero attached hydrogens (tertiary/aromatic N) is 1. The zero-order chi connectivity index (χ0) is 20.9. The molecule has 0 spiro atoms. The summed E-state index contributed by atoms with van der Waals surface area (Å²) in [6, 6.07) is 17.8. The van der Waals surface area contributed by atoms with Gasteiger partial charge in [-0.1, -0.05) is 60.7 Å².